The number of hydrogen-bond acceptors (Lipinski definition) is 7. The average molecular weight is 384 g/mol. The quantitative estimate of drug-likeness (QED) is 0.243. The van der Waals surface area contributed by atoms with Crippen molar-refractivity contribution in [2.75, 3.05) is 13.2 Å². The lowest BCUT2D eigenvalue weighted by Crippen LogP contribution is -2.28. The summed E-state index contributed by atoms with van der Waals surface area (Å²) in [7, 11) is 0. The Balaban J connectivity index is 1.58. The SMILES string of the molecule is O=C(OCCOC1c2ccccc2-c2ccccc21)C(F)(F)SOOO. The molecule has 0 spiro atoms. The molecule has 0 atom stereocenters. The van der Waals surface area contributed by atoms with Crippen molar-refractivity contribution in [2.24, 2.45) is 0 Å². The van der Waals surface area contributed by atoms with Crippen molar-refractivity contribution in [1.82, 2.24) is 0 Å². The van der Waals surface area contributed by atoms with E-state index in [-0.39, 0.29) is 19.3 Å². The summed E-state index contributed by atoms with van der Waals surface area (Å²) in [5.41, 5.74) is 4.03. The minimum Gasteiger partial charge on any atom is -0.458 e. The van der Waals surface area contributed by atoms with Gasteiger partial charge in [0.2, 0.25) is 0 Å². The summed E-state index contributed by atoms with van der Waals surface area (Å²) in [5, 5.41) is 6.88. The van der Waals surface area contributed by atoms with Crippen LogP contribution in [-0.4, -0.2) is 29.7 Å². The molecule has 2 aromatic rings. The van der Waals surface area contributed by atoms with E-state index in [1.165, 1.54) is 0 Å². The van der Waals surface area contributed by atoms with Crippen LogP contribution >= 0.6 is 12.0 Å². The molecule has 0 aliphatic heterocycles. The van der Waals surface area contributed by atoms with Crippen LogP contribution in [0.4, 0.5) is 8.78 Å². The molecule has 26 heavy (non-hydrogen) atoms. The van der Waals surface area contributed by atoms with Gasteiger partial charge in [-0.05, 0) is 22.3 Å². The van der Waals surface area contributed by atoms with Crippen molar-refractivity contribution in [3.05, 3.63) is 59.7 Å². The van der Waals surface area contributed by atoms with Crippen molar-refractivity contribution < 1.29 is 37.7 Å². The van der Waals surface area contributed by atoms with Gasteiger partial charge in [-0.25, -0.2) is 10.1 Å². The highest BCUT2D eigenvalue weighted by Gasteiger charge is 2.44. The molecular formula is C17H14F2O6S. The maximum Gasteiger partial charge on any atom is 0.415 e. The number of rotatable bonds is 8. The number of fused-ring (bicyclic) bond motifs is 3. The lowest BCUT2D eigenvalue weighted by Gasteiger charge is -2.16. The predicted molar refractivity (Wildman–Crippen MR) is 88.0 cm³/mol. The molecular weight excluding hydrogens is 370 g/mol. The predicted octanol–water partition coefficient (Wildman–Crippen LogP) is 3.98. The van der Waals surface area contributed by atoms with E-state index in [0.717, 1.165) is 22.3 Å². The van der Waals surface area contributed by atoms with Crippen molar-refractivity contribution in [1.29, 1.82) is 0 Å². The molecule has 0 saturated heterocycles. The van der Waals surface area contributed by atoms with Crippen LogP contribution in [0.3, 0.4) is 0 Å². The van der Waals surface area contributed by atoms with Gasteiger partial charge in [0, 0.05) is 0 Å². The van der Waals surface area contributed by atoms with E-state index in [1.54, 1.807) is 0 Å². The zero-order chi connectivity index (χ0) is 18.6. The first-order chi connectivity index (χ1) is 12.5. The monoisotopic (exact) mass is 384 g/mol. The molecule has 1 N–H and O–H groups in total. The van der Waals surface area contributed by atoms with E-state index in [9.17, 15) is 13.6 Å². The lowest BCUT2D eigenvalue weighted by molar-refractivity contribution is -0.433. The second-order valence-corrected chi connectivity index (χ2v) is 6.12. The minimum atomic E-state index is -4.02. The Morgan fingerprint density at radius 1 is 1.04 bits per heavy atom. The van der Waals surface area contributed by atoms with E-state index in [4.69, 9.17) is 9.99 Å². The van der Waals surface area contributed by atoms with Gasteiger partial charge in [0.05, 0.1) is 6.61 Å². The summed E-state index contributed by atoms with van der Waals surface area (Å²) in [6.07, 6.45) is -0.359. The second kappa shape index (κ2) is 8.11. The van der Waals surface area contributed by atoms with Crippen molar-refractivity contribution in [3.8, 4) is 11.1 Å². The van der Waals surface area contributed by atoms with Crippen LogP contribution in [0.2, 0.25) is 0 Å². The summed E-state index contributed by atoms with van der Waals surface area (Å²) >= 11 is -0.669. The zero-order valence-electron chi connectivity index (χ0n) is 13.3. The fourth-order valence-electron chi connectivity index (χ4n) is 2.77. The van der Waals surface area contributed by atoms with Crippen LogP contribution in [0.15, 0.2) is 48.5 Å². The molecule has 1 aliphatic carbocycles. The number of esters is 1. The van der Waals surface area contributed by atoms with Crippen molar-refractivity contribution in [2.45, 2.75) is 11.4 Å². The van der Waals surface area contributed by atoms with E-state index in [1.807, 2.05) is 48.5 Å². The fraction of sp³-hybridized carbons (Fsp3) is 0.235. The Morgan fingerprint density at radius 3 is 2.19 bits per heavy atom. The smallest absolute Gasteiger partial charge is 0.415 e. The third kappa shape index (κ3) is 3.87. The third-order valence-corrected chi connectivity index (χ3v) is 4.29. The molecule has 9 heteroatoms. The number of ether oxygens (including phenoxy) is 2. The van der Waals surface area contributed by atoms with E-state index in [0.29, 0.717) is 0 Å². The number of alkyl halides is 2. The molecule has 0 amide bonds. The molecule has 0 unspecified atom stereocenters. The van der Waals surface area contributed by atoms with Crippen molar-refractivity contribution in [3.63, 3.8) is 0 Å². The molecule has 3 rings (SSSR count). The fourth-order valence-corrected chi connectivity index (χ4v) is 3.01. The van der Waals surface area contributed by atoms with Gasteiger partial charge in [0.15, 0.2) is 0 Å². The summed E-state index contributed by atoms with van der Waals surface area (Å²) in [4.78, 5) is 11.3. The van der Waals surface area contributed by atoms with Gasteiger partial charge >= 0.3 is 11.2 Å². The van der Waals surface area contributed by atoms with Gasteiger partial charge in [0.25, 0.3) is 0 Å². The number of halogens is 2. The molecule has 0 bridgehead atoms. The maximum atomic E-state index is 13.3. The van der Waals surface area contributed by atoms with Gasteiger partial charge in [-0.1, -0.05) is 53.6 Å². The maximum absolute atomic E-state index is 13.3. The first-order valence-corrected chi connectivity index (χ1v) is 8.29. The third-order valence-electron chi connectivity index (χ3n) is 3.78. The largest absolute Gasteiger partial charge is 0.458 e. The van der Waals surface area contributed by atoms with Gasteiger partial charge in [-0.15, -0.1) is 4.33 Å². The Labute approximate surface area is 151 Å². The molecule has 138 valence electrons. The van der Waals surface area contributed by atoms with E-state index < -0.39 is 23.3 Å². The number of carbonyl (C=O) groups excluding carboxylic acids is 1. The van der Waals surface area contributed by atoms with Crippen LogP contribution in [0, 0.1) is 0 Å². The molecule has 0 fully saturated rings. The summed E-state index contributed by atoms with van der Waals surface area (Å²) in [5.74, 6) is -1.82. The minimum absolute atomic E-state index is 0.0722. The van der Waals surface area contributed by atoms with Crippen LogP contribution in [0.5, 0.6) is 0 Å². The van der Waals surface area contributed by atoms with E-state index in [2.05, 4.69) is 14.1 Å². The summed E-state index contributed by atoms with van der Waals surface area (Å²) in [6.45, 7) is -0.438. The highest BCUT2D eigenvalue weighted by atomic mass is 32.2. The second-order valence-electron chi connectivity index (χ2n) is 5.30. The molecule has 0 heterocycles. The molecule has 6 nitrogen and oxygen atoms in total. The standard InChI is InChI=1S/C17H14F2O6S/c18-17(19,26-25-24-21)16(20)23-10-9-22-15-13-7-3-1-5-11(13)12-6-2-4-8-14(12)15/h1-8,15,21H,9-10H2. The normalized spacial score (nSPS) is 13.3. The first kappa shape index (κ1) is 18.7. The Morgan fingerprint density at radius 2 is 1.62 bits per heavy atom. The molecule has 0 radical (unpaired) electrons. The van der Waals surface area contributed by atoms with Gasteiger partial charge in [-0.2, -0.15) is 8.78 Å². The zero-order valence-corrected chi connectivity index (χ0v) is 14.1. The Kier molecular flexibility index (Phi) is 5.84. The molecule has 0 aromatic heterocycles. The average Bonchev–Trinajstić information content (AvgIpc) is 2.97. The van der Waals surface area contributed by atoms with Crippen LogP contribution in [0.25, 0.3) is 11.1 Å². The lowest BCUT2D eigenvalue weighted by atomic mass is 10.1. The Bertz CT molecular complexity index is 740. The summed E-state index contributed by atoms with van der Waals surface area (Å²) in [6, 6.07) is 15.5. The summed E-state index contributed by atoms with van der Waals surface area (Å²) < 4.78 is 40.4. The Hall–Kier alpha value is -2.04. The van der Waals surface area contributed by atoms with Gasteiger partial charge in [-0.3, -0.25) is 0 Å². The van der Waals surface area contributed by atoms with Crippen molar-refractivity contribution >= 4 is 18.0 Å². The van der Waals surface area contributed by atoms with Crippen LogP contribution in [0.1, 0.15) is 17.2 Å². The molecule has 0 saturated carbocycles. The van der Waals surface area contributed by atoms with E-state index >= 15 is 0 Å². The van der Waals surface area contributed by atoms with Crippen LogP contribution in [-0.2, 0) is 23.6 Å². The topological polar surface area (TPSA) is 74.2 Å². The first-order valence-electron chi connectivity index (χ1n) is 7.55. The van der Waals surface area contributed by atoms with Gasteiger partial charge in [0.1, 0.15) is 24.8 Å². The highest BCUT2D eigenvalue weighted by molar-refractivity contribution is 7.96. The van der Waals surface area contributed by atoms with Crippen LogP contribution < -0.4 is 0 Å². The highest BCUT2D eigenvalue weighted by Crippen LogP contribution is 2.44. The number of hydrogen-bond donors (Lipinski definition) is 1. The number of benzene rings is 2. The molecule has 1 aliphatic rings. The molecule has 2 aromatic carbocycles. The van der Waals surface area contributed by atoms with Gasteiger partial charge < -0.3 is 9.47 Å². The number of carbonyl (C=O) groups is 1.